The Morgan fingerprint density at radius 1 is 1.03 bits per heavy atom. The van der Waals surface area contributed by atoms with Crippen LogP contribution < -0.4 is 11.2 Å². The molecule has 1 unspecified atom stereocenters. The lowest BCUT2D eigenvalue weighted by molar-refractivity contribution is -0.0921. The summed E-state index contributed by atoms with van der Waals surface area (Å²) in [6.45, 7) is 0. The lowest BCUT2D eigenvalue weighted by Gasteiger charge is -2.34. The Hall–Kier alpha value is -3.44. The van der Waals surface area contributed by atoms with Crippen molar-refractivity contribution in [1.82, 2.24) is 9.55 Å². The molecule has 0 radical (unpaired) electrons. The molecule has 11 heteroatoms. The molecule has 1 saturated heterocycles. The number of halogens is 2. The number of alkyl halides is 2. The standard InChI is InChI=1S/C23H18ClFN2O7/c24-23(25)20(27-12-11-15(28)26-21(27)32)34-19(17(30)16(29)13-7-3-1-4-8-13)22(23,33)18(31)14-9-5-2-6-10-14/h1-12,17,19-20,30,33H,(H,26,28,32)/t17?,19-,20-,22-,23-/m1/s1. The number of rotatable bonds is 6. The number of aliphatic hydroxyl groups is 2. The first kappa shape index (κ1) is 23.7. The second-order valence-corrected chi connectivity index (χ2v) is 8.24. The molecule has 176 valence electrons. The van der Waals surface area contributed by atoms with Crippen LogP contribution in [-0.2, 0) is 4.74 Å². The number of carbonyl (C=O) groups is 2. The summed E-state index contributed by atoms with van der Waals surface area (Å²) in [6.07, 6.45) is -5.82. The van der Waals surface area contributed by atoms with E-state index in [0.29, 0.717) is 4.57 Å². The van der Waals surface area contributed by atoms with Gasteiger partial charge in [-0.1, -0.05) is 72.3 Å². The Morgan fingerprint density at radius 3 is 2.15 bits per heavy atom. The third-order valence-electron chi connectivity index (χ3n) is 5.61. The zero-order valence-corrected chi connectivity index (χ0v) is 18.1. The van der Waals surface area contributed by atoms with Gasteiger partial charge in [0.2, 0.25) is 11.4 Å². The van der Waals surface area contributed by atoms with Crippen molar-refractivity contribution in [2.24, 2.45) is 0 Å². The van der Waals surface area contributed by atoms with Crippen molar-refractivity contribution in [3.8, 4) is 0 Å². The van der Waals surface area contributed by atoms with Crippen molar-refractivity contribution < 1.29 is 28.9 Å². The lowest BCUT2D eigenvalue weighted by Crippen LogP contribution is -2.62. The molecule has 9 nitrogen and oxygen atoms in total. The molecule has 0 saturated carbocycles. The highest BCUT2D eigenvalue weighted by molar-refractivity contribution is 6.27. The van der Waals surface area contributed by atoms with Gasteiger partial charge in [-0.25, -0.2) is 9.18 Å². The van der Waals surface area contributed by atoms with E-state index in [1.54, 1.807) is 12.1 Å². The maximum Gasteiger partial charge on any atom is 0.330 e. The quantitative estimate of drug-likeness (QED) is 0.350. The van der Waals surface area contributed by atoms with Crippen LogP contribution in [0.25, 0.3) is 0 Å². The van der Waals surface area contributed by atoms with Gasteiger partial charge in [0, 0.05) is 23.4 Å². The average molecular weight is 489 g/mol. The summed E-state index contributed by atoms with van der Waals surface area (Å²) in [4.78, 5) is 51.9. The van der Waals surface area contributed by atoms with Crippen molar-refractivity contribution in [1.29, 1.82) is 0 Å². The van der Waals surface area contributed by atoms with Crippen LogP contribution >= 0.6 is 11.6 Å². The number of aliphatic hydroxyl groups excluding tert-OH is 1. The molecule has 5 atom stereocenters. The number of ketones is 2. The smallest absolute Gasteiger partial charge is 0.330 e. The van der Waals surface area contributed by atoms with E-state index in [0.717, 1.165) is 12.3 Å². The maximum atomic E-state index is 16.2. The fourth-order valence-electron chi connectivity index (χ4n) is 3.86. The number of ether oxygens (including phenoxy) is 1. The van der Waals surface area contributed by atoms with Gasteiger partial charge >= 0.3 is 5.69 Å². The van der Waals surface area contributed by atoms with Crippen molar-refractivity contribution in [3.05, 3.63) is 105 Å². The number of nitrogens with one attached hydrogen (secondary N) is 1. The SMILES string of the molecule is O=C(c1ccccc1)C(O)[C@H]1O[C@@H](n2ccc(=O)[nH]c2=O)[C@](F)(Cl)[C@@]1(O)C(=O)c1ccccc1. The van der Waals surface area contributed by atoms with Crippen LogP contribution in [0.2, 0.25) is 0 Å². The fourth-order valence-corrected chi connectivity index (χ4v) is 4.21. The molecule has 34 heavy (non-hydrogen) atoms. The first-order valence-corrected chi connectivity index (χ1v) is 10.4. The molecule has 1 aromatic heterocycles. The van der Waals surface area contributed by atoms with E-state index in [4.69, 9.17) is 16.3 Å². The largest absolute Gasteiger partial charge is 0.382 e. The van der Waals surface area contributed by atoms with Crippen molar-refractivity contribution >= 4 is 23.2 Å². The Bertz CT molecular complexity index is 1340. The topological polar surface area (TPSA) is 139 Å². The monoisotopic (exact) mass is 488 g/mol. The molecular weight excluding hydrogens is 471 g/mol. The number of nitrogens with zero attached hydrogens (tertiary/aromatic N) is 1. The summed E-state index contributed by atoms with van der Waals surface area (Å²) in [5, 5.41) is 18.8. The van der Waals surface area contributed by atoms with Gasteiger partial charge in [0.15, 0.2) is 12.0 Å². The minimum Gasteiger partial charge on any atom is -0.382 e. The van der Waals surface area contributed by atoms with E-state index >= 15 is 4.39 Å². The number of benzene rings is 2. The Kier molecular flexibility index (Phi) is 6.09. The molecule has 1 aliphatic heterocycles. The number of Topliss-reactive ketones (excluding diaryl/α,β-unsaturated/α-hetero) is 2. The minimum absolute atomic E-state index is 0.00296. The van der Waals surface area contributed by atoms with Crippen LogP contribution in [0.3, 0.4) is 0 Å². The highest BCUT2D eigenvalue weighted by Gasteiger charge is 2.73. The molecule has 1 aliphatic rings. The van der Waals surface area contributed by atoms with Gasteiger partial charge in [-0.2, -0.15) is 0 Å². The number of hydrogen-bond acceptors (Lipinski definition) is 7. The molecule has 1 fully saturated rings. The molecule has 0 bridgehead atoms. The third-order valence-corrected chi connectivity index (χ3v) is 6.08. The maximum absolute atomic E-state index is 16.2. The molecule has 2 aromatic carbocycles. The first-order chi connectivity index (χ1) is 16.1. The van der Waals surface area contributed by atoms with Crippen LogP contribution in [0.5, 0.6) is 0 Å². The van der Waals surface area contributed by atoms with E-state index < -0.39 is 52.0 Å². The van der Waals surface area contributed by atoms with Crippen LogP contribution in [-0.4, -0.2) is 54.3 Å². The van der Waals surface area contributed by atoms with Gasteiger partial charge in [0.25, 0.3) is 10.7 Å². The number of aromatic amines is 1. The Balaban J connectivity index is 1.86. The third kappa shape index (κ3) is 3.70. The van der Waals surface area contributed by atoms with Crippen molar-refractivity contribution in [2.75, 3.05) is 0 Å². The van der Waals surface area contributed by atoms with Crippen molar-refractivity contribution in [2.45, 2.75) is 29.2 Å². The van der Waals surface area contributed by atoms with Gasteiger partial charge in [0.1, 0.15) is 12.2 Å². The van der Waals surface area contributed by atoms with Gasteiger partial charge in [-0.05, 0) is 0 Å². The lowest BCUT2D eigenvalue weighted by atomic mass is 9.80. The van der Waals surface area contributed by atoms with E-state index in [9.17, 15) is 29.4 Å². The zero-order chi connectivity index (χ0) is 24.7. The van der Waals surface area contributed by atoms with Crippen LogP contribution in [0.4, 0.5) is 4.39 Å². The van der Waals surface area contributed by atoms with E-state index in [2.05, 4.69) is 0 Å². The summed E-state index contributed by atoms with van der Waals surface area (Å²) in [5.74, 6) is -2.26. The van der Waals surface area contributed by atoms with Gasteiger partial charge in [0.05, 0.1) is 0 Å². The van der Waals surface area contributed by atoms with E-state index in [1.165, 1.54) is 48.5 Å². The molecule has 4 rings (SSSR count). The predicted octanol–water partition coefficient (Wildman–Crippen LogP) is 1.20. The van der Waals surface area contributed by atoms with E-state index in [1.807, 2.05) is 4.98 Å². The van der Waals surface area contributed by atoms with Gasteiger partial charge in [-0.15, -0.1) is 0 Å². The number of H-pyrrole nitrogens is 1. The van der Waals surface area contributed by atoms with Gasteiger partial charge < -0.3 is 14.9 Å². The highest BCUT2D eigenvalue weighted by atomic mass is 35.5. The van der Waals surface area contributed by atoms with E-state index in [-0.39, 0.29) is 11.1 Å². The average Bonchev–Trinajstić information content (AvgIpc) is 3.05. The van der Waals surface area contributed by atoms with Crippen LogP contribution in [0, 0.1) is 0 Å². The number of carbonyl (C=O) groups excluding carboxylic acids is 2. The normalized spacial score (nSPS) is 27.3. The minimum atomic E-state index is -3.55. The van der Waals surface area contributed by atoms with Crippen LogP contribution in [0.1, 0.15) is 26.9 Å². The molecule has 0 aliphatic carbocycles. The number of hydrogen-bond donors (Lipinski definition) is 3. The molecule has 2 heterocycles. The summed E-state index contributed by atoms with van der Waals surface area (Å²) in [6, 6.07) is 15.3. The summed E-state index contributed by atoms with van der Waals surface area (Å²) >= 11 is 6.08. The summed E-state index contributed by atoms with van der Waals surface area (Å²) < 4.78 is 22.1. The molecule has 3 N–H and O–H groups in total. The highest BCUT2D eigenvalue weighted by Crippen LogP contribution is 2.53. The predicted molar refractivity (Wildman–Crippen MR) is 117 cm³/mol. The summed E-state index contributed by atoms with van der Waals surface area (Å²) in [5.41, 5.74) is -5.46. The second kappa shape index (κ2) is 8.73. The fraction of sp³-hybridized carbons (Fsp3) is 0.217. The Morgan fingerprint density at radius 2 is 1.59 bits per heavy atom. The Labute approximate surface area is 196 Å². The molecule has 3 aromatic rings. The molecular formula is C23H18ClFN2O7. The second-order valence-electron chi connectivity index (χ2n) is 7.69. The van der Waals surface area contributed by atoms with Crippen LogP contribution in [0.15, 0.2) is 82.5 Å². The van der Waals surface area contributed by atoms with Gasteiger partial charge in [-0.3, -0.25) is 23.9 Å². The first-order valence-electron chi connectivity index (χ1n) is 10.0. The van der Waals surface area contributed by atoms with Crippen molar-refractivity contribution in [3.63, 3.8) is 0 Å². The zero-order valence-electron chi connectivity index (χ0n) is 17.3. The molecule has 0 amide bonds. The molecule has 0 spiro atoms. The number of aromatic nitrogens is 2. The summed E-state index contributed by atoms with van der Waals surface area (Å²) in [7, 11) is 0.